The fourth-order valence-corrected chi connectivity index (χ4v) is 2.97. The third kappa shape index (κ3) is 3.60. The number of piperidine rings is 1. The number of para-hydroxylation sites is 1. The first kappa shape index (κ1) is 15.0. The van der Waals surface area contributed by atoms with Gasteiger partial charge in [-0.15, -0.1) is 0 Å². The van der Waals surface area contributed by atoms with Crippen molar-refractivity contribution in [1.29, 1.82) is 0 Å². The van der Waals surface area contributed by atoms with Crippen LogP contribution in [0.3, 0.4) is 0 Å². The van der Waals surface area contributed by atoms with Crippen molar-refractivity contribution in [2.24, 2.45) is 0 Å². The van der Waals surface area contributed by atoms with Gasteiger partial charge in [-0.2, -0.15) is 0 Å². The maximum absolute atomic E-state index is 12.3. The van der Waals surface area contributed by atoms with Gasteiger partial charge in [-0.05, 0) is 25.0 Å². The van der Waals surface area contributed by atoms with Crippen molar-refractivity contribution in [3.05, 3.63) is 30.3 Å². The Morgan fingerprint density at radius 1 is 1.20 bits per heavy atom. The highest BCUT2D eigenvalue weighted by molar-refractivity contribution is 5.94. The number of anilines is 1. The first-order chi connectivity index (χ1) is 9.74. The second-order valence-corrected chi connectivity index (χ2v) is 5.62. The smallest absolute Gasteiger partial charge is 0.227 e. The molecule has 1 saturated heterocycles. The molecule has 0 radical (unpaired) electrons. The molecule has 1 aliphatic heterocycles. The van der Waals surface area contributed by atoms with Crippen molar-refractivity contribution >= 4 is 11.6 Å². The highest BCUT2D eigenvalue weighted by Crippen LogP contribution is 2.28. The van der Waals surface area contributed by atoms with Gasteiger partial charge < -0.3 is 10.0 Å². The molecule has 3 nitrogen and oxygen atoms in total. The van der Waals surface area contributed by atoms with Gasteiger partial charge >= 0.3 is 0 Å². The summed E-state index contributed by atoms with van der Waals surface area (Å²) in [5.41, 5.74) is 0.914. The van der Waals surface area contributed by atoms with Crippen LogP contribution in [0.1, 0.15) is 51.9 Å². The van der Waals surface area contributed by atoms with Crippen LogP contribution in [0, 0.1) is 0 Å². The van der Waals surface area contributed by atoms with Crippen LogP contribution in [-0.2, 0) is 4.79 Å². The normalized spacial score (nSPS) is 23.1. The number of amides is 1. The third-order valence-corrected chi connectivity index (χ3v) is 4.09. The predicted octanol–water partition coefficient (Wildman–Crippen LogP) is 3.51. The molecule has 1 aromatic rings. The molecule has 110 valence electrons. The molecule has 3 heteroatoms. The number of carbonyl (C=O) groups is 1. The van der Waals surface area contributed by atoms with E-state index in [1.165, 1.54) is 19.3 Å². The standard InChI is InChI=1S/C17H25NO2/c1-2-3-4-8-11-15-16(19)12-13-17(20)18(15)14-9-6-5-7-10-14/h5-7,9-10,15-16,19H,2-4,8,11-13H2,1H3/t15-,16+/m1/s1. The largest absolute Gasteiger partial charge is 0.391 e. The van der Waals surface area contributed by atoms with Crippen LogP contribution in [0.2, 0.25) is 0 Å². The summed E-state index contributed by atoms with van der Waals surface area (Å²) in [5, 5.41) is 10.3. The molecule has 1 aliphatic rings. The maximum atomic E-state index is 12.3. The molecule has 1 heterocycles. The monoisotopic (exact) mass is 275 g/mol. The summed E-state index contributed by atoms with van der Waals surface area (Å²) in [6.45, 7) is 2.19. The van der Waals surface area contributed by atoms with Crippen LogP contribution in [-0.4, -0.2) is 23.2 Å². The molecule has 0 bridgehead atoms. The Bertz CT molecular complexity index is 418. The van der Waals surface area contributed by atoms with Crippen LogP contribution in [0.5, 0.6) is 0 Å². The molecular weight excluding hydrogens is 250 g/mol. The molecule has 0 aromatic heterocycles. The Hall–Kier alpha value is -1.35. The molecule has 0 saturated carbocycles. The van der Waals surface area contributed by atoms with Crippen molar-refractivity contribution in [3.63, 3.8) is 0 Å². The minimum absolute atomic E-state index is 0.0597. The number of benzene rings is 1. The van der Waals surface area contributed by atoms with Gasteiger partial charge in [-0.3, -0.25) is 4.79 Å². The van der Waals surface area contributed by atoms with E-state index in [0.29, 0.717) is 12.8 Å². The predicted molar refractivity (Wildman–Crippen MR) is 81.7 cm³/mol. The van der Waals surface area contributed by atoms with Crippen LogP contribution in [0.25, 0.3) is 0 Å². The highest BCUT2D eigenvalue weighted by Gasteiger charge is 2.35. The fraction of sp³-hybridized carbons (Fsp3) is 0.588. The summed E-state index contributed by atoms with van der Waals surface area (Å²) in [4.78, 5) is 14.1. The number of aliphatic hydroxyl groups is 1. The average Bonchev–Trinajstić information content (AvgIpc) is 2.48. The number of hydrogen-bond acceptors (Lipinski definition) is 2. The zero-order chi connectivity index (χ0) is 14.4. The minimum atomic E-state index is -0.394. The van der Waals surface area contributed by atoms with E-state index in [-0.39, 0.29) is 11.9 Å². The zero-order valence-corrected chi connectivity index (χ0v) is 12.3. The molecule has 2 rings (SSSR count). The molecule has 20 heavy (non-hydrogen) atoms. The van der Waals surface area contributed by atoms with Crippen LogP contribution < -0.4 is 4.90 Å². The molecule has 0 unspecified atom stereocenters. The van der Waals surface area contributed by atoms with E-state index in [4.69, 9.17) is 0 Å². The number of rotatable bonds is 6. The van der Waals surface area contributed by atoms with Gasteiger partial charge in [0.2, 0.25) is 5.91 Å². The molecule has 0 aliphatic carbocycles. The molecule has 0 spiro atoms. The molecule has 1 fully saturated rings. The Morgan fingerprint density at radius 3 is 2.65 bits per heavy atom. The van der Waals surface area contributed by atoms with Gasteiger partial charge in [-0.1, -0.05) is 50.8 Å². The van der Waals surface area contributed by atoms with Crippen molar-refractivity contribution < 1.29 is 9.90 Å². The van der Waals surface area contributed by atoms with E-state index in [0.717, 1.165) is 18.5 Å². The molecular formula is C17H25NO2. The van der Waals surface area contributed by atoms with Crippen LogP contribution in [0.15, 0.2) is 30.3 Å². The summed E-state index contributed by atoms with van der Waals surface area (Å²) in [6, 6.07) is 9.68. The number of aliphatic hydroxyl groups excluding tert-OH is 1. The van der Waals surface area contributed by atoms with Crippen LogP contribution >= 0.6 is 0 Å². The lowest BCUT2D eigenvalue weighted by atomic mass is 9.92. The van der Waals surface area contributed by atoms with E-state index in [2.05, 4.69) is 6.92 Å². The zero-order valence-electron chi connectivity index (χ0n) is 12.3. The Kier molecular flexibility index (Phi) is 5.60. The number of unbranched alkanes of at least 4 members (excludes halogenated alkanes) is 3. The van der Waals surface area contributed by atoms with Gasteiger partial charge in [0.05, 0.1) is 12.1 Å². The van der Waals surface area contributed by atoms with E-state index >= 15 is 0 Å². The van der Waals surface area contributed by atoms with Gasteiger partial charge in [0.1, 0.15) is 0 Å². The Morgan fingerprint density at radius 2 is 1.95 bits per heavy atom. The number of hydrogen-bond donors (Lipinski definition) is 1. The summed E-state index contributed by atoms with van der Waals surface area (Å²) in [5.74, 6) is 0.141. The minimum Gasteiger partial charge on any atom is -0.391 e. The first-order valence-electron chi connectivity index (χ1n) is 7.79. The van der Waals surface area contributed by atoms with E-state index in [1.54, 1.807) is 0 Å². The topological polar surface area (TPSA) is 40.5 Å². The lowest BCUT2D eigenvalue weighted by Crippen LogP contribution is -2.51. The van der Waals surface area contributed by atoms with Gasteiger partial charge in [0.15, 0.2) is 0 Å². The van der Waals surface area contributed by atoms with Crippen molar-refractivity contribution in [2.75, 3.05) is 4.90 Å². The van der Waals surface area contributed by atoms with Gasteiger partial charge in [-0.25, -0.2) is 0 Å². The quantitative estimate of drug-likeness (QED) is 0.807. The summed E-state index contributed by atoms with van der Waals surface area (Å²) < 4.78 is 0. The summed E-state index contributed by atoms with van der Waals surface area (Å²) in [6.07, 6.45) is 6.22. The molecule has 1 amide bonds. The average molecular weight is 275 g/mol. The summed E-state index contributed by atoms with van der Waals surface area (Å²) >= 11 is 0. The fourth-order valence-electron chi connectivity index (χ4n) is 2.97. The Balaban J connectivity index is 2.08. The molecule has 1 aromatic carbocycles. The van der Waals surface area contributed by atoms with Gasteiger partial charge in [0, 0.05) is 12.1 Å². The molecule has 2 atom stereocenters. The maximum Gasteiger partial charge on any atom is 0.227 e. The Labute approximate surface area is 121 Å². The van der Waals surface area contributed by atoms with Gasteiger partial charge in [0.25, 0.3) is 0 Å². The van der Waals surface area contributed by atoms with Crippen molar-refractivity contribution in [2.45, 2.75) is 64.0 Å². The lowest BCUT2D eigenvalue weighted by molar-refractivity contribution is -0.122. The van der Waals surface area contributed by atoms with Crippen LogP contribution in [0.4, 0.5) is 5.69 Å². The second kappa shape index (κ2) is 7.44. The number of carbonyl (C=O) groups excluding carboxylic acids is 1. The van der Waals surface area contributed by atoms with Crippen molar-refractivity contribution in [3.8, 4) is 0 Å². The van der Waals surface area contributed by atoms with E-state index in [9.17, 15) is 9.90 Å². The number of nitrogens with zero attached hydrogens (tertiary/aromatic N) is 1. The first-order valence-corrected chi connectivity index (χ1v) is 7.79. The third-order valence-electron chi connectivity index (χ3n) is 4.09. The van der Waals surface area contributed by atoms with E-state index in [1.807, 2.05) is 35.2 Å². The highest BCUT2D eigenvalue weighted by atomic mass is 16.3. The van der Waals surface area contributed by atoms with E-state index < -0.39 is 6.10 Å². The summed E-state index contributed by atoms with van der Waals surface area (Å²) in [7, 11) is 0. The SMILES string of the molecule is CCCCCC[C@@H]1[C@@H](O)CCC(=O)N1c1ccccc1. The molecule has 1 N–H and O–H groups in total. The van der Waals surface area contributed by atoms with Crippen molar-refractivity contribution in [1.82, 2.24) is 0 Å². The second-order valence-electron chi connectivity index (χ2n) is 5.62. The lowest BCUT2D eigenvalue weighted by Gasteiger charge is -2.39.